The molecular weight excluding hydrogens is 258 g/mol. The van der Waals surface area contributed by atoms with E-state index in [0.29, 0.717) is 0 Å². The van der Waals surface area contributed by atoms with Crippen molar-refractivity contribution in [2.24, 2.45) is 5.73 Å². The fourth-order valence-electron chi connectivity index (χ4n) is 1.41. The highest BCUT2D eigenvalue weighted by Gasteiger charge is 2.22. The fraction of sp³-hybridized carbons (Fsp3) is 0.333. The number of carboxylic acid groups (broad SMARTS) is 1. The molecule has 0 saturated heterocycles. The van der Waals surface area contributed by atoms with Crippen LogP contribution in [0.1, 0.15) is 12.5 Å². The van der Waals surface area contributed by atoms with E-state index in [-0.39, 0.29) is 12.0 Å². The van der Waals surface area contributed by atoms with Crippen molar-refractivity contribution in [3.8, 4) is 0 Å². The van der Waals surface area contributed by atoms with Crippen molar-refractivity contribution in [2.45, 2.75) is 25.4 Å². The van der Waals surface area contributed by atoms with Crippen molar-refractivity contribution in [1.29, 1.82) is 0 Å². The summed E-state index contributed by atoms with van der Waals surface area (Å²) in [5.41, 5.74) is 5.57. The number of hydrogen-bond donors (Lipinski definition) is 3. The molecule has 0 aliphatic heterocycles. The van der Waals surface area contributed by atoms with Crippen LogP contribution < -0.4 is 11.1 Å². The molecule has 0 aromatic heterocycles. The molecule has 0 aliphatic carbocycles. The van der Waals surface area contributed by atoms with Gasteiger partial charge in [0.05, 0.1) is 6.04 Å². The normalized spacial score (nSPS) is 13.7. The van der Waals surface area contributed by atoms with Crippen molar-refractivity contribution < 1.29 is 23.5 Å². The van der Waals surface area contributed by atoms with Crippen LogP contribution in [0.3, 0.4) is 0 Å². The molecule has 0 fully saturated rings. The lowest BCUT2D eigenvalue weighted by atomic mass is 10.1. The van der Waals surface area contributed by atoms with Gasteiger partial charge in [-0.3, -0.25) is 4.79 Å². The molecule has 0 aliphatic rings. The Morgan fingerprint density at radius 3 is 2.47 bits per heavy atom. The van der Waals surface area contributed by atoms with E-state index in [1.807, 2.05) is 0 Å². The monoisotopic (exact) mass is 272 g/mol. The number of nitrogens with one attached hydrogen (secondary N) is 1. The molecule has 1 amide bonds. The zero-order valence-corrected chi connectivity index (χ0v) is 10.2. The Morgan fingerprint density at radius 1 is 1.37 bits per heavy atom. The number of nitrogens with two attached hydrogens (primary N) is 1. The molecule has 4 N–H and O–H groups in total. The van der Waals surface area contributed by atoms with E-state index < -0.39 is 35.6 Å². The van der Waals surface area contributed by atoms with Crippen LogP contribution in [0.4, 0.5) is 8.78 Å². The third-order valence-corrected chi connectivity index (χ3v) is 2.45. The smallest absolute Gasteiger partial charge is 0.326 e. The topological polar surface area (TPSA) is 92.4 Å². The first-order valence-corrected chi connectivity index (χ1v) is 5.54. The minimum atomic E-state index is -1.28. The van der Waals surface area contributed by atoms with Gasteiger partial charge in [0.1, 0.15) is 6.04 Å². The van der Waals surface area contributed by atoms with Crippen molar-refractivity contribution in [3.05, 3.63) is 35.4 Å². The number of amides is 1. The lowest BCUT2D eigenvalue weighted by Gasteiger charge is -2.16. The summed E-state index contributed by atoms with van der Waals surface area (Å²) in [5.74, 6) is -4.00. The maximum atomic E-state index is 13.0. The van der Waals surface area contributed by atoms with E-state index in [0.717, 1.165) is 12.1 Å². The summed E-state index contributed by atoms with van der Waals surface area (Å²) < 4.78 is 25.7. The molecule has 0 heterocycles. The van der Waals surface area contributed by atoms with Gasteiger partial charge in [-0.1, -0.05) is 6.07 Å². The van der Waals surface area contributed by atoms with E-state index >= 15 is 0 Å². The Labute approximate surface area is 108 Å². The zero-order chi connectivity index (χ0) is 14.6. The molecule has 5 nitrogen and oxygen atoms in total. The molecule has 104 valence electrons. The summed E-state index contributed by atoms with van der Waals surface area (Å²) in [5, 5.41) is 11.2. The minimum Gasteiger partial charge on any atom is -0.480 e. The number of benzene rings is 1. The second-order valence-corrected chi connectivity index (χ2v) is 4.14. The molecule has 1 aromatic carbocycles. The first-order valence-electron chi connectivity index (χ1n) is 5.54. The van der Waals surface area contributed by atoms with Gasteiger partial charge in [-0.25, -0.2) is 13.6 Å². The van der Waals surface area contributed by atoms with E-state index in [4.69, 9.17) is 10.8 Å². The number of halogens is 2. The number of hydrogen-bond acceptors (Lipinski definition) is 3. The highest BCUT2D eigenvalue weighted by atomic mass is 19.2. The van der Waals surface area contributed by atoms with Crippen LogP contribution in [-0.2, 0) is 16.0 Å². The number of aliphatic carboxylic acids is 1. The van der Waals surface area contributed by atoms with Gasteiger partial charge >= 0.3 is 5.97 Å². The zero-order valence-electron chi connectivity index (χ0n) is 10.2. The van der Waals surface area contributed by atoms with Crippen LogP contribution in [0.25, 0.3) is 0 Å². The standard InChI is InChI=1S/C12H14F2N2O3/c1-6(15)11(17)16-10(12(18)19)5-7-2-3-8(13)9(14)4-7/h2-4,6,10H,5,15H2,1H3,(H,16,17)(H,18,19)/t6-,10?/m0/s1. The molecule has 2 atom stereocenters. The number of carbonyl (C=O) groups is 2. The summed E-state index contributed by atoms with van der Waals surface area (Å²) in [6, 6.07) is 0.947. The lowest BCUT2D eigenvalue weighted by molar-refractivity contribution is -0.141. The Hall–Kier alpha value is -2.02. The Morgan fingerprint density at radius 2 is 2.00 bits per heavy atom. The van der Waals surface area contributed by atoms with Gasteiger partial charge in [-0.2, -0.15) is 0 Å². The number of carboxylic acids is 1. The van der Waals surface area contributed by atoms with Gasteiger partial charge in [-0.05, 0) is 24.6 Å². The van der Waals surface area contributed by atoms with Crippen LogP contribution >= 0.6 is 0 Å². The first kappa shape index (κ1) is 15.0. The maximum Gasteiger partial charge on any atom is 0.326 e. The molecule has 7 heteroatoms. The summed E-state index contributed by atoms with van der Waals surface area (Å²) in [6.07, 6.45) is -0.162. The average molecular weight is 272 g/mol. The lowest BCUT2D eigenvalue weighted by Crippen LogP contribution is -2.48. The van der Waals surface area contributed by atoms with Crippen LogP contribution in [0.5, 0.6) is 0 Å². The highest BCUT2D eigenvalue weighted by Crippen LogP contribution is 2.10. The quantitative estimate of drug-likeness (QED) is 0.724. The first-order chi connectivity index (χ1) is 8.81. The van der Waals surface area contributed by atoms with Gasteiger partial charge in [-0.15, -0.1) is 0 Å². The van der Waals surface area contributed by atoms with Crippen molar-refractivity contribution in [3.63, 3.8) is 0 Å². The Kier molecular flexibility index (Phi) is 4.94. The molecule has 0 radical (unpaired) electrons. The second-order valence-electron chi connectivity index (χ2n) is 4.14. The summed E-state index contributed by atoms with van der Waals surface area (Å²) in [7, 11) is 0. The summed E-state index contributed by atoms with van der Waals surface area (Å²) in [4.78, 5) is 22.3. The van der Waals surface area contributed by atoms with Gasteiger partial charge in [0, 0.05) is 6.42 Å². The predicted molar refractivity (Wildman–Crippen MR) is 63.3 cm³/mol. The number of carbonyl (C=O) groups excluding carboxylic acids is 1. The molecule has 19 heavy (non-hydrogen) atoms. The number of rotatable bonds is 5. The largest absolute Gasteiger partial charge is 0.480 e. The minimum absolute atomic E-state index is 0.162. The van der Waals surface area contributed by atoms with Crippen molar-refractivity contribution >= 4 is 11.9 Å². The molecule has 1 rings (SSSR count). The molecule has 0 bridgehead atoms. The van der Waals surface area contributed by atoms with Gasteiger partial charge < -0.3 is 16.2 Å². The van der Waals surface area contributed by atoms with Gasteiger partial charge in [0.2, 0.25) is 5.91 Å². The Balaban J connectivity index is 2.81. The van der Waals surface area contributed by atoms with Crippen LogP contribution in [-0.4, -0.2) is 29.1 Å². The van der Waals surface area contributed by atoms with Crippen molar-refractivity contribution in [1.82, 2.24) is 5.32 Å². The summed E-state index contributed by atoms with van der Waals surface area (Å²) >= 11 is 0. The molecule has 0 saturated carbocycles. The highest BCUT2D eigenvalue weighted by molar-refractivity contribution is 5.86. The Bertz CT molecular complexity index is 492. The van der Waals surface area contributed by atoms with E-state index in [1.54, 1.807) is 0 Å². The molecule has 0 spiro atoms. The van der Waals surface area contributed by atoms with Crippen LogP contribution in [0.2, 0.25) is 0 Å². The molecular formula is C12H14F2N2O3. The van der Waals surface area contributed by atoms with Gasteiger partial charge in [0.15, 0.2) is 11.6 Å². The molecule has 1 aromatic rings. The van der Waals surface area contributed by atoms with E-state index in [1.165, 1.54) is 13.0 Å². The third-order valence-electron chi connectivity index (χ3n) is 2.45. The predicted octanol–water partition coefficient (Wildman–Crippen LogP) is 0.424. The van der Waals surface area contributed by atoms with E-state index in [2.05, 4.69) is 5.32 Å². The van der Waals surface area contributed by atoms with Crippen molar-refractivity contribution in [2.75, 3.05) is 0 Å². The van der Waals surface area contributed by atoms with E-state index in [9.17, 15) is 18.4 Å². The maximum absolute atomic E-state index is 13.0. The van der Waals surface area contributed by atoms with Crippen LogP contribution in [0.15, 0.2) is 18.2 Å². The average Bonchev–Trinajstić information content (AvgIpc) is 2.32. The van der Waals surface area contributed by atoms with Crippen LogP contribution in [0, 0.1) is 11.6 Å². The second kappa shape index (κ2) is 6.24. The third kappa shape index (κ3) is 4.29. The SMILES string of the molecule is C[C@H](N)C(=O)NC(Cc1ccc(F)c(F)c1)C(=O)O. The van der Waals surface area contributed by atoms with Gasteiger partial charge in [0.25, 0.3) is 0 Å². The molecule has 1 unspecified atom stereocenters. The fourth-order valence-corrected chi connectivity index (χ4v) is 1.41. The summed E-state index contributed by atoms with van der Waals surface area (Å²) in [6.45, 7) is 1.41.